The number of morpholine rings is 1. The number of urea groups is 1. The predicted octanol–water partition coefficient (Wildman–Crippen LogP) is 0.816. The summed E-state index contributed by atoms with van der Waals surface area (Å²) in [7, 11) is 3.53. The Morgan fingerprint density at radius 3 is 3.00 bits per heavy atom. The first-order chi connectivity index (χ1) is 12.5. The number of amides is 2. The Morgan fingerprint density at radius 2 is 2.27 bits per heavy atom. The largest absolute Gasteiger partial charge is 0.373 e. The summed E-state index contributed by atoms with van der Waals surface area (Å²) in [6.07, 6.45) is 6.52. The highest BCUT2D eigenvalue weighted by Crippen LogP contribution is 2.25. The van der Waals surface area contributed by atoms with E-state index in [-0.39, 0.29) is 23.7 Å². The Balaban J connectivity index is 1.57. The molecule has 3 atom stereocenters. The maximum Gasteiger partial charge on any atom is 0.317 e. The van der Waals surface area contributed by atoms with Gasteiger partial charge in [0, 0.05) is 45.6 Å². The van der Waals surface area contributed by atoms with Gasteiger partial charge in [-0.1, -0.05) is 13.3 Å². The van der Waals surface area contributed by atoms with Gasteiger partial charge in [0.15, 0.2) is 5.82 Å². The zero-order valence-electron chi connectivity index (χ0n) is 15.9. The molecule has 144 valence electrons. The van der Waals surface area contributed by atoms with E-state index in [2.05, 4.69) is 17.2 Å². The van der Waals surface area contributed by atoms with E-state index < -0.39 is 0 Å². The molecule has 26 heavy (non-hydrogen) atoms. The lowest BCUT2D eigenvalue weighted by Crippen LogP contribution is -2.54. The third-order valence-corrected chi connectivity index (χ3v) is 5.43. The molecule has 8 heteroatoms. The van der Waals surface area contributed by atoms with Gasteiger partial charge in [0.2, 0.25) is 0 Å². The van der Waals surface area contributed by atoms with Gasteiger partial charge in [0.1, 0.15) is 0 Å². The summed E-state index contributed by atoms with van der Waals surface area (Å²) in [6.45, 7) is 4.33. The van der Waals surface area contributed by atoms with Gasteiger partial charge in [-0.2, -0.15) is 0 Å². The number of anilines is 1. The Kier molecular flexibility index (Phi) is 5.80. The molecule has 0 radical (unpaired) electrons. The van der Waals surface area contributed by atoms with E-state index in [1.165, 1.54) is 17.4 Å². The minimum Gasteiger partial charge on any atom is -0.373 e. The lowest BCUT2D eigenvalue weighted by atomic mass is 10.1. The van der Waals surface area contributed by atoms with E-state index >= 15 is 0 Å². The van der Waals surface area contributed by atoms with Crippen LogP contribution in [0.5, 0.6) is 0 Å². The fourth-order valence-corrected chi connectivity index (χ4v) is 3.76. The Hall–Kier alpha value is -2.09. The van der Waals surface area contributed by atoms with Crippen molar-refractivity contribution in [2.45, 2.75) is 38.3 Å². The van der Waals surface area contributed by atoms with E-state index in [0.29, 0.717) is 38.0 Å². The molecule has 1 aromatic heterocycles. The van der Waals surface area contributed by atoms with Crippen LogP contribution in [0.4, 0.5) is 10.6 Å². The number of hydrogen-bond acceptors (Lipinski definition) is 5. The van der Waals surface area contributed by atoms with Crippen molar-refractivity contribution >= 4 is 11.8 Å². The Morgan fingerprint density at radius 1 is 1.46 bits per heavy atom. The quantitative estimate of drug-likeness (QED) is 0.857. The van der Waals surface area contributed by atoms with Gasteiger partial charge < -0.3 is 24.4 Å². The lowest BCUT2D eigenvalue weighted by Gasteiger charge is -2.35. The number of carbonyl (C=O) groups excluding carboxylic acids is 1. The van der Waals surface area contributed by atoms with Crippen molar-refractivity contribution in [2.24, 2.45) is 13.0 Å². The van der Waals surface area contributed by atoms with Crippen molar-refractivity contribution < 1.29 is 9.53 Å². The van der Waals surface area contributed by atoms with E-state index in [4.69, 9.17) is 4.74 Å². The van der Waals surface area contributed by atoms with Gasteiger partial charge in [0.25, 0.3) is 5.56 Å². The van der Waals surface area contributed by atoms with Gasteiger partial charge in [-0.3, -0.25) is 4.79 Å². The average Bonchev–Trinajstić information content (AvgIpc) is 3.02. The second-order valence-electron chi connectivity index (χ2n) is 7.45. The standard InChI is InChI=1S/C18H29N5O3/c1-13-5-4-6-15(13)20-18(25)23-9-10-26-14(12-23)11-22(3)16-17(24)21(2)8-7-19-16/h7-8,13-15H,4-6,9-12H2,1-3H3,(H,20,25)/t13-,14-,15-/m1/s1. The topological polar surface area (TPSA) is 79.7 Å². The molecule has 2 amide bonds. The first-order valence-electron chi connectivity index (χ1n) is 9.35. The lowest BCUT2D eigenvalue weighted by molar-refractivity contribution is -0.00962. The van der Waals surface area contributed by atoms with Gasteiger partial charge in [-0.25, -0.2) is 9.78 Å². The molecule has 0 spiro atoms. The maximum absolute atomic E-state index is 12.6. The van der Waals surface area contributed by atoms with Crippen LogP contribution in [-0.2, 0) is 11.8 Å². The van der Waals surface area contributed by atoms with E-state index in [1.54, 1.807) is 24.3 Å². The molecule has 1 saturated heterocycles. The van der Waals surface area contributed by atoms with Crippen LogP contribution >= 0.6 is 0 Å². The average molecular weight is 363 g/mol. The highest BCUT2D eigenvalue weighted by molar-refractivity contribution is 5.74. The third-order valence-electron chi connectivity index (χ3n) is 5.43. The molecule has 1 aliphatic heterocycles. The molecule has 2 fully saturated rings. The van der Waals surface area contributed by atoms with E-state index in [9.17, 15) is 9.59 Å². The first kappa shape index (κ1) is 18.7. The van der Waals surface area contributed by atoms with Crippen molar-refractivity contribution in [3.63, 3.8) is 0 Å². The zero-order valence-corrected chi connectivity index (χ0v) is 15.9. The molecule has 2 heterocycles. The van der Waals surface area contributed by atoms with Crippen LogP contribution in [0.3, 0.4) is 0 Å². The smallest absolute Gasteiger partial charge is 0.317 e. The summed E-state index contributed by atoms with van der Waals surface area (Å²) >= 11 is 0. The number of nitrogens with zero attached hydrogens (tertiary/aromatic N) is 4. The SMILES string of the molecule is C[C@@H]1CCC[C@H]1NC(=O)N1CCO[C@H](CN(C)c2nccn(C)c2=O)C1. The number of nitrogens with one attached hydrogen (secondary N) is 1. The monoisotopic (exact) mass is 363 g/mol. The molecule has 0 aromatic carbocycles. The number of hydrogen-bond donors (Lipinski definition) is 1. The minimum absolute atomic E-state index is 0.00606. The number of rotatable bonds is 4. The third kappa shape index (κ3) is 4.17. The van der Waals surface area contributed by atoms with Gasteiger partial charge in [-0.15, -0.1) is 0 Å². The van der Waals surface area contributed by atoms with Crippen LogP contribution < -0.4 is 15.8 Å². The second kappa shape index (κ2) is 8.07. The molecule has 1 saturated carbocycles. The maximum atomic E-state index is 12.6. The van der Waals surface area contributed by atoms with E-state index in [0.717, 1.165) is 6.42 Å². The van der Waals surface area contributed by atoms with Crippen molar-refractivity contribution in [1.82, 2.24) is 19.8 Å². The second-order valence-corrected chi connectivity index (χ2v) is 7.45. The number of aryl methyl sites for hydroxylation is 1. The summed E-state index contributed by atoms with van der Waals surface area (Å²) in [5.41, 5.74) is -0.143. The van der Waals surface area contributed by atoms with Crippen LogP contribution in [0.1, 0.15) is 26.2 Å². The van der Waals surface area contributed by atoms with Crippen molar-refractivity contribution in [1.29, 1.82) is 0 Å². The van der Waals surface area contributed by atoms with Gasteiger partial charge in [0.05, 0.1) is 19.3 Å². The fraction of sp³-hybridized carbons (Fsp3) is 0.722. The summed E-state index contributed by atoms with van der Waals surface area (Å²) < 4.78 is 7.31. The summed E-state index contributed by atoms with van der Waals surface area (Å²) in [5.74, 6) is 0.933. The van der Waals surface area contributed by atoms with Crippen molar-refractivity contribution in [2.75, 3.05) is 38.2 Å². The van der Waals surface area contributed by atoms with Crippen LogP contribution in [-0.4, -0.2) is 65.9 Å². The summed E-state index contributed by atoms with van der Waals surface area (Å²) in [6, 6.07) is 0.275. The molecule has 1 N–H and O–H groups in total. The molecule has 3 rings (SSSR count). The Labute approximate surface area is 154 Å². The van der Waals surface area contributed by atoms with Gasteiger partial charge in [-0.05, 0) is 18.8 Å². The number of likely N-dealkylation sites (N-methyl/N-ethyl adjacent to an activating group) is 1. The Bertz CT molecular complexity index is 692. The first-order valence-corrected chi connectivity index (χ1v) is 9.35. The molecular formula is C18H29N5O3. The zero-order chi connectivity index (χ0) is 18.7. The number of ether oxygens (including phenoxy) is 1. The molecular weight excluding hydrogens is 334 g/mol. The van der Waals surface area contributed by atoms with E-state index in [1.807, 2.05) is 11.9 Å². The number of carbonyl (C=O) groups is 1. The van der Waals surface area contributed by atoms with Crippen LogP contribution in [0, 0.1) is 5.92 Å². The summed E-state index contributed by atoms with van der Waals surface area (Å²) in [4.78, 5) is 32.6. The predicted molar refractivity (Wildman–Crippen MR) is 99.4 cm³/mol. The van der Waals surface area contributed by atoms with Crippen LogP contribution in [0.15, 0.2) is 17.2 Å². The number of aromatic nitrogens is 2. The molecule has 0 bridgehead atoms. The molecule has 8 nitrogen and oxygen atoms in total. The van der Waals surface area contributed by atoms with Crippen LogP contribution in [0.25, 0.3) is 0 Å². The highest BCUT2D eigenvalue weighted by Gasteiger charge is 2.30. The summed E-state index contributed by atoms with van der Waals surface area (Å²) in [5, 5.41) is 3.17. The molecule has 0 unspecified atom stereocenters. The normalized spacial score (nSPS) is 26.0. The molecule has 1 aliphatic carbocycles. The molecule has 1 aromatic rings. The minimum atomic E-state index is -0.146. The molecule has 2 aliphatic rings. The van der Waals surface area contributed by atoms with Crippen molar-refractivity contribution in [3.05, 3.63) is 22.7 Å². The van der Waals surface area contributed by atoms with Gasteiger partial charge >= 0.3 is 6.03 Å². The van der Waals surface area contributed by atoms with Crippen molar-refractivity contribution in [3.8, 4) is 0 Å². The van der Waals surface area contributed by atoms with Crippen LogP contribution in [0.2, 0.25) is 0 Å². The highest BCUT2D eigenvalue weighted by atomic mass is 16.5. The fourth-order valence-electron chi connectivity index (χ4n) is 3.76.